The Morgan fingerprint density at radius 3 is 2.45 bits per heavy atom. The molecule has 0 aliphatic heterocycles. The quantitative estimate of drug-likeness (QED) is 0.897. The van der Waals surface area contributed by atoms with Crippen molar-refractivity contribution in [2.45, 2.75) is 27.2 Å². The molecule has 0 aliphatic carbocycles. The molecule has 0 aliphatic rings. The minimum atomic E-state index is -0.475. The minimum Gasteiger partial charge on any atom is -0.325 e. The van der Waals surface area contributed by atoms with Crippen LogP contribution in [-0.2, 0) is 18.9 Å². The summed E-state index contributed by atoms with van der Waals surface area (Å²) in [6.45, 7) is 5.87. The third-order valence-electron chi connectivity index (χ3n) is 3.31. The molecule has 2 aromatic heterocycles. The Labute approximate surface area is 127 Å². The number of hydrogen-bond acceptors (Lipinski definition) is 4. The number of carbonyl (C=O) groups excluding carboxylic acids is 1. The van der Waals surface area contributed by atoms with E-state index in [0.717, 1.165) is 4.57 Å². The first-order valence-corrected chi connectivity index (χ1v) is 6.96. The van der Waals surface area contributed by atoms with Gasteiger partial charge < -0.3 is 5.32 Å². The van der Waals surface area contributed by atoms with Crippen LogP contribution in [0.5, 0.6) is 0 Å². The predicted molar refractivity (Wildman–Crippen MR) is 84.9 cm³/mol. The maximum absolute atomic E-state index is 12.3. The van der Waals surface area contributed by atoms with Crippen LogP contribution in [0.25, 0.3) is 11.0 Å². The Kier molecular flexibility index (Phi) is 3.91. The van der Waals surface area contributed by atoms with Gasteiger partial charge in [0.25, 0.3) is 5.56 Å². The molecule has 0 spiro atoms. The molecule has 7 heteroatoms. The smallest absolute Gasteiger partial charge is 0.325 e. The van der Waals surface area contributed by atoms with E-state index in [2.05, 4.69) is 10.3 Å². The van der Waals surface area contributed by atoms with Crippen molar-refractivity contribution in [3.05, 3.63) is 33.1 Å². The first-order valence-electron chi connectivity index (χ1n) is 6.96. The number of fused-ring (bicyclic) bond motifs is 1. The molecule has 0 aromatic carbocycles. The fourth-order valence-corrected chi connectivity index (χ4v) is 2.27. The van der Waals surface area contributed by atoms with Crippen LogP contribution in [0.4, 0.5) is 5.69 Å². The monoisotopic (exact) mass is 304 g/mol. The Morgan fingerprint density at radius 2 is 1.86 bits per heavy atom. The molecule has 2 aromatic rings. The van der Waals surface area contributed by atoms with Crippen LogP contribution in [0, 0.1) is 5.41 Å². The van der Waals surface area contributed by atoms with Gasteiger partial charge in [0.1, 0.15) is 5.39 Å². The highest BCUT2D eigenvalue weighted by Crippen LogP contribution is 2.21. The number of aryl methyl sites for hydroxylation is 1. The largest absolute Gasteiger partial charge is 0.332 e. The molecule has 0 unspecified atom stereocenters. The van der Waals surface area contributed by atoms with Gasteiger partial charge in [-0.1, -0.05) is 20.8 Å². The van der Waals surface area contributed by atoms with Crippen molar-refractivity contribution in [3.63, 3.8) is 0 Å². The van der Waals surface area contributed by atoms with Gasteiger partial charge in [0.2, 0.25) is 5.91 Å². The first kappa shape index (κ1) is 15.9. The van der Waals surface area contributed by atoms with Crippen LogP contribution in [-0.4, -0.2) is 20.0 Å². The van der Waals surface area contributed by atoms with Crippen molar-refractivity contribution >= 4 is 22.6 Å². The summed E-state index contributed by atoms with van der Waals surface area (Å²) in [7, 11) is 2.94. The maximum atomic E-state index is 12.3. The number of nitrogens with zero attached hydrogens (tertiary/aromatic N) is 3. The van der Waals surface area contributed by atoms with Crippen LogP contribution >= 0.6 is 0 Å². The second-order valence-corrected chi connectivity index (χ2v) is 6.55. The lowest BCUT2D eigenvalue weighted by Gasteiger charge is -2.18. The zero-order valence-electron chi connectivity index (χ0n) is 13.4. The third-order valence-corrected chi connectivity index (χ3v) is 3.31. The number of carbonyl (C=O) groups is 1. The summed E-state index contributed by atoms with van der Waals surface area (Å²) in [5.41, 5.74) is -0.470. The maximum Gasteiger partial charge on any atom is 0.332 e. The summed E-state index contributed by atoms with van der Waals surface area (Å²) in [5, 5.41) is 2.98. The average Bonchev–Trinajstić information content (AvgIpc) is 2.40. The van der Waals surface area contributed by atoms with Gasteiger partial charge >= 0.3 is 5.69 Å². The zero-order chi connectivity index (χ0) is 16.7. The molecule has 0 radical (unpaired) electrons. The van der Waals surface area contributed by atoms with Crippen molar-refractivity contribution in [2.24, 2.45) is 19.5 Å². The van der Waals surface area contributed by atoms with E-state index in [1.54, 1.807) is 6.07 Å². The molecular weight excluding hydrogens is 284 g/mol. The van der Waals surface area contributed by atoms with E-state index in [-0.39, 0.29) is 22.4 Å². The number of nitrogens with one attached hydrogen (secondary N) is 1. The summed E-state index contributed by atoms with van der Waals surface area (Å²) in [6.07, 6.45) is 1.79. The van der Waals surface area contributed by atoms with Crippen molar-refractivity contribution < 1.29 is 4.79 Å². The molecule has 0 saturated carbocycles. The Hall–Kier alpha value is -2.44. The normalized spacial score (nSPS) is 11.7. The van der Waals surface area contributed by atoms with Crippen molar-refractivity contribution in [1.29, 1.82) is 0 Å². The number of hydrogen-bond donors (Lipinski definition) is 1. The topological polar surface area (TPSA) is 86.0 Å². The molecule has 0 bridgehead atoms. The third kappa shape index (κ3) is 2.93. The lowest BCUT2D eigenvalue weighted by atomic mass is 9.92. The summed E-state index contributed by atoms with van der Waals surface area (Å²) < 4.78 is 2.29. The number of anilines is 1. The number of pyridine rings is 1. The standard InChI is InChI=1S/C15H20N4O3/c1-15(2,3)8-10(20)17-9-6-7-16-12-11(9)13(21)19(5)14(22)18(12)4/h6-7H,8H2,1-5H3,(H,16,17,20). The van der Waals surface area contributed by atoms with Gasteiger partial charge in [0.15, 0.2) is 5.65 Å². The second kappa shape index (κ2) is 5.40. The molecule has 1 amide bonds. The summed E-state index contributed by atoms with van der Waals surface area (Å²) in [4.78, 5) is 40.5. The summed E-state index contributed by atoms with van der Waals surface area (Å²) in [6, 6.07) is 1.56. The predicted octanol–water partition coefficient (Wildman–Crippen LogP) is 1.01. The molecule has 22 heavy (non-hydrogen) atoms. The zero-order valence-corrected chi connectivity index (χ0v) is 13.4. The van der Waals surface area contributed by atoms with Crippen LogP contribution in [0.2, 0.25) is 0 Å². The summed E-state index contributed by atoms with van der Waals surface area (Å²) in [5.74, 6) is -0.184. The SMILES string of the molecule is Cn1c(=O)c2c(NC(=O)CC(C)(C)C)ccnc2n(C)c1=O. The van der Waals surface area contributed by atoms with Crippen molar-refractivity contribution in [3.8, 4) is 0 Å². The van der Waals surface area contributed by atoms with Crippen molar-refractivity contribution in [2.75, 3.05) is 5.32 Å². The Morgan fingerprint density at radius 1 is 1.23 bits per heavy atom. The van der Waals surface area contributed by atoms with E-state index < -0.39 is 11.2 Å². The fraction of sp³-hybridized carbons (Fsp3) is 0.467. The molecule has 2 rings (SSSR count). The highest BCUT2D eigenvalue weighted by Gasteiger charge is 2.19. The molecule has 0 fully saturated rings. The van der Waals surface area contributed by atoms with E-state index in [1.165, 1.54) is 24.9 Å². The lowest BCUT2D eigenvalue weighted by Crippen LogP contribution is -2.37. The lowest BCUT2D eigenvalue weighted by molar-refractivity contribution is -0.117. The highest BCUT2D eigenvalue weighted by atomic mass is 16.2. The van der Waals surface area contributed by atoms with E-state index in [9.17, 15) is 14.4 Å². The van der Waals surface area contributed by atoms with Gasteiger partial charge in [-0.25, -0.2) is 9.78 Å². The van der Waals surface area contributed by atoms with E-state index in [0.29, 0.717) is 12.1 Å². The summed E-state index contributed by atoms with van der Waals surface area (Å²) >= 11 is 0. The first-order chi connectivity index (χ1) is 10.1. The molecular formula is C15H20N4O3. The molecule has 0 atom stereocenters. The van der Waals surface area contributed by atoms with E-state index >= 15 is 0 Å². The van der Waals surface area contributed by atoms with Crippen LogP contribution in [0.1, 0.15) is 27.2 Å². The minimum absolute atomic E-state index is 0.162. The number of amides is 1. The van der Waals surface area contributed by atoms with Gasteiger partial charge in [0.05, 0.1) is 5.69 Å². The van der Waals surface area contributed by atoms with Gasteiger partial charge in [-0.05, 0) is 11.5 Å². The van der Waals surface area contributed by atoms with Crippen LogP contribution < -0.4 is 16.6 Å². The molecule has 118 valence electrons. The van der Waals surface area contributed by atoms with E-state index in [1.807, 2.05) is 20.8 Å². The van der Waals surface area contributed by atoms with Gasteiger partial charge in [0, 0.05) is 26.7 Å². The Balaban J connectivity index is 2.60. The molecule has 2 heterocycles. The van der Waals surface area contributed by atoms with Gasteiger partial charge in [-0.3, -0.25) is 18.7 Å². The van der Waals surface area contributed by atoms with E-state index in [4.69, 9.17) is 0 Å². The van der Waals surface area contributed by atoms with Crippen molar-refractivity contribution in [1.82, 2.24) is 14.1 Å². The van der Waals surface area contributed by atoms with Crippen LogP contribution in [0.15, 0.2) is 21.9 Å². The number of rotatable bonds is 2. The Bertz CT molecular complexity index is 856. The van der Waals surface area contributed by atoms with Gasteiger partial charge in [-0.15, -0.1) is 0 Å². The fourth-order valence-electron chi connectivity index (χ4n) is 2.27. The van der Waals surface area contributed by atoms with Crippen LogP contribution in [0.3, 0.4) is 0 Å². The van der Waals surface area contributed by atoms with Gasteiger partial charge in [-0.2, -0.15) is 0 Å². The molecule has 0 saturated heterocycles. The average molecular weight is 304 g/mol. The molecule has 1 N–H and O–H groups in total. The number of aromatic nitrogens is 3. The second-order valence-electron chi connectivity index (χ2n) is 6.55. The highest BCUT2D eigenvalue weighted by molar-refractivity contribution is 5.99. The molecule has 7 nitrogen and oxygen atoms in total.